The molecule has 0 fully saturated rings. The first-order valence-electron chi connectivity index (χ1n) is 5.27. The molecule has 2 N–H and O–H groups in total. The number of aryl methyl sites for hydroxylation is 1. The third-order valence-electron chi connectivity index (χ3n) is 2.55. The summed E-state index contributed by atoms with van der Waals surface area (Å²) in [7, 11) is 0. The van der Waals surface area contributed by atoms with Crippen LogP contribution in [0.3, 0.4) is 0 Å². The second kappa shape index (κ2) is 4.23. The van der Waals surface area contributed by atoms with Gasteiger partial charge in [0.05, 0.1) is 5.69 Å². The zero-order chi connectivity index (χ0) is 11.5. The second-order valence-corrected chi connectivity index (χ2v) is 3.63. The Morgan fingerprint density at radius 2 is 2.12 bits per heavy atom. The van der Waals surface area contributed by atoms with Crippen molar-refractivity contribution in [2.75, 3.05) is 5.73 Å². The van der Waals surface area contributed by atoms with E-state index in [0.717, 1.165) is 6.54 Å². The number of hydrogen-bond acceptors (Lipinski definition) is 2. The van der Waals surface area contributed by atoms with Gasteiger partial charge in [0.2, 0.25) is 5.78 Å². The normalized spacial score (nSPS) is 10.3. The minimum atomic E-state index is 0.0131. The van der Waals surface area contributed by atoms with E-state index in [-0.39, 0.29) is 5.78 Å². The fourth-order valence-electron chi connectivity index (χ4n) is 1.72. The van der Waals surface area contributed by atoms with Gasteiger partial charge in [-0.25, -0.2) is 0 Å². The first-order chi connectivity index (χ1) is 7.72. The van der Waals surface area contributed by atoms with Crippen molar-refractivity contribution in [3.05, 3.63) is 53.9 Å². The highest BCUT2D eigenvalue weighted by atomic mass is 16.1. The maximum absolute atomic E-state index is 12.2. The van der Waals surface area contributed by atoms with E-state index in [0.29, 0.717) is 16.9 Å². The molecule has 2 rings (SSSR count). The zero-order valence-electron chi connectivity index (χ0n) is 9.18. The van der Waals surface area contributed by atoms with Crippen LogP contribution in [0.2, 0.25) is 0 Å². The van der Waals surface area contributed by atoms with E-state index in [1.165, 1.54) is 0 Å². The monoisotopic (exact) mass is 214 g/mol. The van der Waals surface area contributed by atoms with Crippen molar-refractivity contribution in [2.24, 2.45) is 0 Å². The molecule has 0 amide bonds. The Bertz CT molecular complexity index is 514. The summed E-state index contributed by atoms with van der Waals surface area (Å²) in [5, 5.41) is 0. The number of aromatic nitrogens is 1. The molecule has 0 saturated carbocycles. The molecule has 0 saturated heterocycles. The maximum Gasteiger partial charge on any atom is 0.209 e. The lowest BCUT2D eigenvalue weighted by atomic mass is 10.1. The van der Waals surface area contributed by atoms with E-state index in [1.54, 1.807) is 24.3 Å². The predicted octanol–water partition coefficient (Wildman–Crippen LogP) is 2.32. The molecule has 82 valence electrons. The Kier molecular flexibility index (Phi) is 2.77. The number of hydrogen-bond donors (Lipinski definition) is 1. The van der Waals surface area contributed by atoms with Gasteiger partial charge in [-0.1, -0.05) is 12.1 Å². The number of nitrogens with zero attached hydrogens (tertiary/aromatic N) is 1. The van der Waals surface area contributed by atoms with Crippen molar-refractivity contribution >= 4 is 11.5 Å². The second-order valence-electron chi connectivity index (χ2n) is 3.63. The largest absolute Gasteiger partial charge is 0.399 e. The van der Waals surface area contributed by atoms with Gasteiger partial charge in [0.1, 0.15) is 0 Å². The average molecular weight is 214 g/mol. The average Bonchev–Trinajstić information content (AvgIpc) is 2.76. The van der Waals surface area contributed by atoms with Crippen molar-refractivity contribution < 1.29 is 4.79 Å². The molecule has 3 nitrogen and oxygen atoms in total. The van der Waals surface area contributed by atoms with Gasteiger partial charge in [-0.15, -0.1) is 0 Å². The first kappa shape index (κ1) is 10.5. The molecule has 2 aromatic rings. The van der Waals surface area contributed by atoms with Crippen LogP contribution in [0.25, 0.3) is 0 Å². The molecule has 1 aromatic carbocycles. The number of anilines is 1. The summed E-state index contributed by atoms with van der Waals surface area (Å²) in [6.07, 6.45) is 1.90. The molecular formula is C13H14N2O. The number of carbonyl (C=O) groups excluding carboxylic acids is 1. The number of rotatable bonds is 3. The van der Waals surface area contributed by atoms with Gasteiger partial charge in [0.15, 0.2) is 0 Å². The molecule has 0 aliphatic heterocycles. The highest BCUT2D eigenvalue weighted by Gasteiger charge is 2.12. The third-order valence-corrected chi connectivity index (χ3v) is 2.55. The number of nitrogen functional groups attached to an aromatic ring is 1. The Hall–Kier alpha value is -2.03. The molecule has 0 radical (unpaired) electrons. The Morgan fingerprint density at radius 3 is 2.81 bits per heavy atom. The van der Waals surface area contributed by atoms with Gasteiger partial charge in [-0.3, -0.25) is 4.79 Å². The molecule has 0 spiro atoms. The molecule has 0 unspecified atom stereocenters. The van der Waals surface area contributed by atoms with E-state index >= 15 is 0 Å². The van der Waals surface area contributed by atoms with Gasteiger partial charge in [-0.05, 0) is 31.2 Å². The van der Waals surface area contributed by atoms with Crippen LogP contribution in [0.15, 0.2) is 42.6 Å². The molecule has 0 bridgehead atoms. The standard InChI is InChI=1S/C13H14N2O/c1-2-15-8-4-7-12(15)13(16)10-5-3-6-11(14)9-10/h3-9H,2,14H2,1H3. The fourth-order valence-corrected chi connectivity index (χ4v) is 1.72. The van der Waals surface area contributed by atoms with Crippen LogP contribution in [-0.4, -0.2) is 10.4 Å². The van der Waals surface area contributed by atoms with Crippen LogP contribution in [0, 0.1) is 0 Å². The molecule has 1 aromatic heterocycles. The first-order valence-corrected chi connectivity index (χ1v) is 5.27. The van der Waals surface area contributed by atoms with Crippen LogP contribution in [0.4, 0.5) is 5.69 Å². The SMILES string of the molecule is CCn1cccc1C(=O)c1cccc(N)c1. The molecule has 0 aliphatic carbocycles. The van der Waals surface area contributed by atoms with Crippen molar-refractivity contribution in [1.29, 1.82) is 0 Å². The summed E-state index contributed by atoms with van der Waals surface area (Å²) in [6.45, 7) is 2.80. The summed E-state index contributed by atoms with van der Waals surface area (Å²) >= 11 is 0. The van der Waals surface area contributed by atoms with Crippen LogP contribution in [0.5, 0.6) is 0 Å². The van der Waals surface area contributed by atoms with Crippen molar-refractivity contribution in [3.63, 3.8) is 0 Å². The molecular weight excluding hydrogens is 200 g/mol. The number of carbonyl (C=O) groups is 1. The van der Waals surface area contributed by atoms with E-state index in [4.69, 9.17) is 5.73 Å². The summed E-state index contributed by atoms with van der Waals surface area (Å²) in [4.78, 5) is 12.2. The van der Waals surface area contributed by atoms with Crippen LogP contribution < -0.4 is 5.73 Å². The quantitative estimate of drug-likeness (QED) is 0.629. The Labute approximate surface area is 94.5 Å². The topological polar surface area (TPSA) is 48.0 Å². The fraction of sp³-hybridized carbons (Fsp3) is 0.154. The number of ketones is 1. The molecule has 0 aliphatic rings. The highest BCUT2D eigenvalue weighted by Crippen LogP contribution is 2.13. The lowest BCUT2D eigenvalue weighted by Crippen LogP contribution is -2.08. The van der Waals surface area contributed by atoms with Gasteiger partial charge in [0, 0.05) is 24.0 Å². The summed E-state index contributed by atoms with van der Waals surface area (Å²) < 4.78 is 1.92. The summed E-state index contributed by atoms with van der Waals surface area (Å²) in [5.41, 5.74) is 7.61. The summed E-state index contributed by atoms with van der Waals surface area (Å²) in [6, 6.07) is 10.8. The van der Waals surface area contributed by atoms with E-state index in [1.807, 2.05) is 29.8 Å². The van der Waals surface area contributed by atoms with E-state index < -0.39 is 0 Å². The van der Waals surface area contributed by atoms with Crippen LogP contribution in [-0.2, 0) is 6.54 Å². The smallest absolute Gasteiger partial charge is 0.209 e. The van der Waals surface area contributed by atoms with E-state index in [9.17, 15) is 4.79 Å². The van der Waals surface area contributed by atoms with Crippen molar-refractivity contribution in [3.8, 4) is 0 Å². The highest BCUT2D eigenvalue weighted by molar-refractivity contribution is 6.08. The molecule has 16 heavy (non-hydrogen) atoms. The van der Waals surface area contributed by atoms with Crippen molar-refractivity contribution in [2.45, 2.75) is 13.5 Å². The minimum Gasteiger partial charge on any atom is -0.399 e. The van der Waals surface area contributed by atoms with Gasteiger partial charge in [0.25, 0.3) is 0 Å². The molecule has 1 heterocycles. The number of benzene rings is 1. The lowest BCUT2D eigenvalue weighted by molar-refractivity contribution is 0.103. The lowest BCUT2D eigenvalue weighted by Gasteiger charge is -2.05. The van der Waals surface area contributed by atoms with Gasteiger partial charge < -0.3 is 10.3 Å². The number of nitrogens with two attached hydrogens (primary N) is 1. The predicted molar refractivity (Wildman–Crippen MR) is 64.4 cm³/mol. The zero-order valence-corrected chi connectivity index (χ0v) is 9.18. The Balaban J connectivity index is 2.39. The van der Waals surface area contributed by atoms with Gasteiger partial charge >= 0.3 is 0 Å². The van der Waals surface area contributed by atoms with Crippen LogP contribution in [0.1, 0.15) is 23.0 Å². The van der Waals surface area contributed by atoms with Crippen LogP contribution >= 0.6 is 0 Å². The Morgan fingerprint density at radius 1 is 1.31 bits per heavy atom. The summed E-state index contributed by atoms with van der Waals surface area (Å²) in [5.74, 6) is 0.0131. The van der Waals surface area contributed by atoms with Crippen molar-refractivity contribution in [1.82, 2.24) is 4.57 Å². The van der Waals surface area contributed by atoms with Gasteiger partial charge in [-0.2, -0.15) is 0 Å². The minimum absolute atomic E-state index is 0.0131. The molecule has 3 heteroatoms. The maximum atomic E-state index is 12.2. The van der Waals surface area contributed by atoms with E-state index in [2.05, 4.69) is 0 Å². The molecule has 0 atom stereocenters. The third kappa shape index (κ3) is 1.84.